The van der Waals surface area contributed by atoms with E-state index in [1.165, 1.54) is 12.4 Å². The lowest BCUT2D eigenvalue weighted by atomic mass is 10.1. The van der Waals surface area contributed by atoms with Gasteiger partial charge < -0.3 is 5.73 Å². The molecule has 0 aliphatic heterocycles. The number of halogens is 1. The summed E-state index contributed by atoms with van der Waals surface area (Å²) < 4.78 is 13.3. The molecular formula is C11H10FN3. The first-order valence-corrected chi connectivity index (χ1v) is 4.51. The van der Waals surface area contributed by atoms with Gasteiger partial charge in [-0.2, -0.15) is 0 Å². The van der Waals surface area contributed by atoms with E-state index in [0.29, 0.717) is 22.6 Å². The van der Waals surface area contributed by atoms with Crippen molar-refractivity contribution in [2.45, 2.75) is 6.92 Å². The second-order valence-electron chi connectivity index (χ2n) is 3.29. The first-order chi connectivity index (χ1) is 7.16. The fourth-order valence-corrected chi connectivity index (χ4v) is 1.28. The molecule has 2 rings (SSSR count). The van der Waals surface area contributed by atoms with Crippen LogP contribution in [0.3, 0.4) is 0 Å². The molecule has 0 atom stereocenters. The Morgan fingerprint density at radius 3 is 2.67 bits per heavy atom. The SMILES string of the molecule is Cc1ccc(-c2cc(N)ncn2)cc1F. The van der Waals surface area contributed by atoms with Gasteiger partial charge in [0.05, 0.1) is 5.69 Å². The van der Waals surface area contributed by atoms with Gasteiger partial charge in [0.25, 0.3) is 0 Å². The van der Waals surface area contributed by atoms with Crippen molar-refractivity contribution in [2.75, 3.05) is 5.73 Å². The zero-order valence-corrected chi connectivity index (χ0v) is 8.24. The molecule has 0 aliphatic rings. The zero-order chi connectivity index (χ0) is 10.8. The van der Waals surface area contributed by atoms with Gasteiger partial charge in [-0.3, -0.25) is 0 Å². The van der Waals surface area contributed by atoms with Crippen molar-refractivity contribution in [3.63, 3.8) is 0 Å². The molecule has 76 valence electrons. The van der Waals surface area contributed by atoms with E-state index < -0.39 is 0 Å². The van der Waals surface area contributed by atoms with E-state index in [9.17, 15) is 4.39 Å². The molecule has 0 bridgehead atoms. The smallest absolute Gasteiger partial charge is 0.127 e. The Bertz CT molecular complexity index is 497. The van der Waals surface area contributed by atoms with Crippen molar-refractivity contribution >= 4 is 5.82 Å². The van der Waals surface area contributed by atoms with E-state index in [-0.39, 0.29) is 5.82 Å². The lowest BCUT2D eigenvalue weighted by Crippen LogP contribution is -1.93. The molecule has 0 amide bonds. The summed E-state index contributed by atoms with van der Waals surface area (Å²) in [6.45, 7) is 1.72. The van der Waals surface area contributed by atoms with Gasteiger partial charge in [-0.15, -0.1) is 0 Å². The quantitative estimate of drug-likeness (QED) is 0.772. The van der Waals surface area contributed by atoms with Crippen molar-refractivity contribution in [1.82, 2.24) is 9.97 Å². The number of benzene rings is 1. The number of hydrogen-bond donors (Lipinski definition) is 1. The fourth-order valence-electron chi connectivity index (χ4n) is 1.28. The number of nitrogen functional groups attached to an aromatic ring is 1. The zero-order valence-electron chi connectivity index (χ0n) is 8.24. The second-order valence-corrected chi connectivity index (χ2v) is 3.29. The fraction of sp³-hybridized carbons (Fsp3) is 0.0909. The van der Waals surface area contributed by atoms with Crippen LogP contribution in [0.4, 0.5) is 10.2 Å². The average Bonchev–Trinajstić information content (AvgIpc) is 2.22. The third-order valence-corrected chi connectivity index (χ3v) is 2.16. The van der Waals surface area contributed by atoms with Gasteiger partial charge in [-0.1, -0.05) is 12.1 Å². The highest BCUT2D eigenvalue weighted by molar-refractivity contribution is 5.61. The Morgan fingerprint density at radius 1 is 1.20 bits per heavy atom. The van der Waals surface area contributed by atoms with Crippen molar-refractivity contribution < 1.29 is 4.39 Å². The van der Waals surface area contributed by atoms with Gasteiger partial charge in [-0.25, -0.2) is 14.4 Å². The maximum atomic E-state index is 13.3. The molecule has 1 aromatic heterocycles. The summed E-state index contributed by atoms with van der Waals surface area (Å²) in [5, 5.41) is 0. The van der Waals surface area contributed by atoms with E-state index in [1.807, 2.05) is 0 Å². The summed E-state index contributed by atoms with van der Waals surface area (Å²) in [4.78, 5) is 7.80. The van der Waals surface area contributed by atoms with Crippen molar-refractivity contribution in [2.24, 2.45) is 0 Å². The van der Waals surface area contributed by atoms with Crippen LogP contribution in [0, 0.1) is 12.7 Å². The highest BCUT2D eigenvalue weighted by Gasteiger charge is 2.03. The van der Waals surface area contributed by atoms with E-state index in [4.69, 9.17) is 5.73 Å². The largest absolute Gasteiger partial charge is 0.384 e. The molecular weight excluding hydrogens is 193 g/mol. The van der Waals surface area contributed by atoms with Crippen LogP contribution in [0.5, 0.6) is 0 Å². The minimum atomic E-state index is -0.246. The molecule has 0 fully saturated rings. The van der Waals surface area contributed by atoms with Crippen LogP contribution in [0.25, 0.3) is 11.3 Å². The van der Waals surface area contributed by atoms with E-state index in [0.717, 1.165) is 0 Å². The van der Waals surface area contributed by atoms with Crippen LogP contribution in [-0.4, -0.2) is 9.97 Å². The predicted molar refractivity (Wildman–Crippen MR) is 56.6 cm³/mol. The molecule has 1 aromatic carbocycles. The Kier molecular flexibility index (Phi) is 2.33. The standard InChI is InChI=1S/C11H10FN3/c1-7-2-3-8(4-9(7)12)10-5-11(13)15-6-14-10/h2-6H,1H3,(H2,13,14,15). The van der Waals surface area contributed by atoms with Crippen LogP contribution >= 0.6 is 0 Å². The Hall–Kier alpha value is -1.97. The van der Waals surface area contributed by atoms with Gasteiger partial charge in [0.1, 0.15) is 18.0 Å². The lowest BCUT2D eigenvalue weighted by molar-refractivity contribution is 0.619. The third-order valence-electron chi connectivity index (χ3n) is 2.16. The first kappa shape index (κ1) is 9.58. The number of rotatable bonds is 1. The summed E-state index contributed by atoms with van der Waals surface area (Å²) in [5.41, 5.74) is 7.46. The molecule has 0 unspecified atom stereocenters. The van der Waals surface area contributed by atoms with Crippen molar-refractivity contribution in [1.29, 1.82) is 0 Å². The molecule has 2 aromatic rings. The van der Waals surface area contributed by atoms with Crippen LogP contribution in [0.15, 0.2) is 30.6 Å². The summed E-state index contributed by atoms with van der Waals surface area (Å²) >= 11 is 0. The highest BCUT2D eigenvalue weighted by Crippen LogP contribution is 2.20. The van der Waals surface area contributed by atoms with Gasteiger partial charge >= 0.3 is 0 Å². The first-order valence-electron chi connectivity index (χ1n) is 4.51. The average molecular weight is 203 g/mol. The molecule has 0 spiro atoms. The van der Waals surface area contributed by atoms with E-state index in [2.05, 4.69) is 9.97 Å². The number of nitrogens with zero attached hydrogens (tertiary/aromatic N) is 2. The monoisotopic (exact) mass is 203 g/mol. The van der Waals surface area contributed by atoms with E-state index >= 15 is 0 Å². The molecule has 1 heterocycles. The second kappa shape index (κ2) is 3.65. The molecule has 0 aliphatic carbocycles. The number of hydrogen-bond acceptors (Lipinski definition) is 3. The number of nitrogens with two attached hydrogens (primary N) is 1. The summed E-state index contributed by atoms with van der Waals surface area (Å²) in [7, 11) is 0. The summed E-state index contributed by atoms with van der Waals surface area (Å²) in [6.07, 6.45) is 1.36. The molecule has 15 heavy (non-hydrogen) atoms. The van der Waals surface area contributed by atoms with E-state index in [1.54, 1.807) is 25.1 Å². The van der Waals surface area contributed by atoms with Crippen LogP contribution < -0.4 is 5.73 Å². The maximum absolute atomic E-state index is 13.3. The molecule has 0 radical (unpaired) electrons. The molecule has 0 saturated heterocycles. The van der Waals surface area contributed by atoms with Gasteiger partial charge in [0.15, 0.2) is 0 Å². The van der Waals surface area contributed by atoms with Crippen LogP contribution in [-0.2, 0) is 0 Å². The minimum Gasteiger partial charge on any atom is -0.384 e. The maximum Gasteiger partial charge on any atom is 0.127 e. The Balaban J connectivity index is 2.50. The Morgan fingerprint density at radius 2 is 2.00 bits per heavy atom. The third kappa shape index (κ3) is 1.93. The summed E-state index contributed by atoms with van der Waals surface area (Å²) in [6, 6.07) is 6.57. The van der Waals surface area contributed by atoms with Crippen LogP contribution in [0.1, 0.15) is 5.56 Å². The molecule has 2 N–H and O–H groups in total. The highest BCUT2D eigenvalue weighted by atomic mass is 19.1. The van der Waals surface area contributed by atoms with Crippen molar-refractivity contribution in [3.8, 4) is 11.3 Å². The summed E-state index contributed by atoms with van der Waals surface area (Å²) in [5.74, 6) is 0.130. The number of aromatic nitrogens is 2. The molecule has 4 heteroatoms. The number of aryl methyl sites for hydroxylation is 1. The van der Waals surface area contributed by atoms with Crippen LogP contribution in [0.2, 0.25) is 0 Å². The van der Waals surface area contributed by atoms with Gasteiger partial charge in [0, 0.05) is 11.6 Å². The minimum absolute atomic E-state index is 0.246. The predicted octanol–water partition coefficient (Wildman–Crippen LogP) is 2.17. The van der Waals surface area contributed by atoms with Gasteiger partial charge in [-0.05, 0) is 18.6 Å². The van der Waals surface area contributed by atoms with Gasteiger partial charge in [0.2, 0.25) is 0 Å². The normalized spacial score (nSPS) is 10.3. The number of anilines is 1. The molecule has 3 nitrogen and oxygen atoms in total. The Labute approximate surface area is 86.8 Å². The molecule has 0 saturated carbocycles. The van der Waals surface area contributed by atoms with Crippen molar-refractivity contribution in [3.05, 3.63) is 42.0 Å². The lowest BCUT2D eigenvalue weighted by Gasteiger charge is -2.02. The topological polar surface area (TPSA) is 51.8 Å².